The molecule has 0 heterocycles. The molecule has 0 fully saturated rings. The number of hydrogen-bond donors (Lipinski definition) is 1. The number of carbonyl (C=O) groups is 2. The lowest BCUT2D eigenvalue weighted by molar-refractivity contribution is -0.142. The lowest BCUT2D eigenvalue weighted by Gasteiger charge is -2.28. The van der Waals surface area contributed by atoms with Gasteiger partial charge in [0, 0.05) is 17.6 Å². The molecule has 0 saturated heterocycles. The van der Waals surface area contributed by atoms with Crippen LogP contribution in [-0.2, 0) is 16.1 Å². The highest BCUT2D eigenvalue weighted by Gasteiger charge is 2.26. The Hall–Kier alpha value is -2.54. The van der Waals surface area contributed by atoms with Crippen molar-refractivity contribution in [2.75, 3.05) is 20.3 Å². The van der Waals surface area contributed by atoms with Gasteiger partial charge in [0.1, 0.15) is 17.5 Å². The molecule has 0 radical (unpaired) electrons. The molecule has 1 N–H and O–H groups in total. The zero-order valence-corrected chi connectivity index (χ0v) is 17.9. The Kier molecular flexibility index (Phi) is 8.32. The second kappa shape index (κ2) is 10.7. The van der Waals surface area contributed by atoms with Crippen LogP contribution in [0.4, 0.5) is 0 Å². The third-order valence-corrected chi connectivity index (χ3v) is 4.68. The summed E-state index contributed by atoms with van der Waals surface area (Å²) < 4.78 is 11.6. The van der Waals surface area contributed by atoms with Gasteiger partial charge in [0.2, 0.25) is 5.91 Å². The van der Waals surface area contributed by atoms with E-state index in [0.717, 1.165) is 10.0 Å². The van der Waals surface area contributed by atoms with E-state index in [9.17, 15) is 9.59 Å². The van der Waals surface area contributed by atoms with Crippen LogP contribution in [0.5, 0.6) is 11.5 Å². The van der Waals surface area contributed by atoms with Gasteiger partial charge >= 0.3 is 0 Å². The van der Waals surface area contributed by atoms with Gasteiger partial charge in [-0.1, -0.05) is 28.1 Å². The summed E-state index contributed by atoms with van der Waals surface area (Å²) in [4.78, 5) is 26.7. The summed E-state index contributed by atoms with van der Waals surface area (Å²) in [6.45, 7) is 4.21. The maximum Gasteiger partial charge on any atom is 0.261 e. The Morgan fingerprint density at radius 1 is 1.14 bits per heavy atom. The van der Waals surface area contributed by atoms with Crippen molar-refractivity contribution in [2.24, 2.45) is 0 Å². The predicted octanol–water partition coefficient (Wildman–Crippen LogP) is 3.39. The van der Waals surface area contributed by atoms with E-state index < -0.39 is 6.04 Å². The first-order chi connectivity index (χ1) is 13.4. The number of halogens is 1. The topological polar surface area (TPSA) is 67.9 Å². The molecule has 1 atom stereocenters. The number of carbonyl (C=O) groups excluding carboxylic acids is 2. The average molecular weight is 449 g/mol. The van der Waals surface area contributed by atoms with E-state index in [1.54, 1.807) is 38.3 Å². The molecule has 0 aliphatic rings. The van der Waals surface area contributed by atoms with Crippen LogP contribution in [0.25, 0.3) is 0 Å². The van der Waals surface area contributed by atoms with Gasteiger partial charge in [0.25, 0.3) is 5.91 Å². The van der Waals surface area contributed by atoms with E-state index in [4.69, 9.17) is 9.47 Å². The monoisotopic (exact) mass is 448 g/mol. The van der Waals surface area contributed by atoms with E-state index >= 15 is 0 Å². The number of likely N-dealkylation sites (N-methyl/N-ethyl adjacent to an activating group) is 1. The zero-order chi connectivity index (χ0) is 20.5. The number of benzene rings is 2. The van der Waals surface area contributed by atoms with Crippen LogP contribution in [0.2, 0.25) is 0 Å². The van der Waals surface area contributed by atoms with Crippen LogP contribution >= 0.6 is 15.9 Å². The average Bonchev–Trinajstić information content (AvgIpc) is 2.70. The van der Waals surface area contributed by atoms with Crippen molar-refractivity contribution in [3.05, 3.63) is 58.6 Å². The number of rotatable bonds is 9. The maximum absolute atomic E-state index is 12.9. The Labute approximate surface area is 174 Å². The number of methoxy groups -OCH3 is 1. The van der Waals surface area contributed by atoms with Crippen molar-refractivity contribution >= 4 is 27.7 Å². The quantitative estimate of drug-likeness (QED) is 0.638. The van der Waals surface area contributed by atoms with E-state index in [-0.39, 0.29) is 18.4 Å². The molecule has 0 aliphatic heterocycles. The van der Waals surface area contributed by atoms with Gasteiger partial charge in [-0.3, -0.25) is 9.59 Å². The molecule has 0 aromatic heterocycles. The highest BCUT2D eigenvalue weighted by atomic mass is 79.9. The van der Waals surface area contributed by atoms with Crippen LogP contribution in [0.1, 0.15) is 19.4 Å². The summed E-state index contributed by atoms with van der Waals surface area (Å²) in [7, 11) is 1.59. The standard InChI is InChI=1S/C21H25BrN2O4/c1-4-23-21(26)15(2)24(13-16-6-5-7-17(22)12-16)20(25)14-28-19-10-8-18(27-3)9-11-19/h5-12,15H,4,13-14H2,1-3H3,(H,23,26)/t15-/m0/s1. The van der Waals surface area contributed by atoms with E-state index in [2.05, 4.69) is 21.2 Å². The van der Waals surface area contributed by atoms with Gasteiger partial charge < -0.3 is 19.7 Å². The number of amides is 2. The van der Waals surface area contributed by atoms with E-state index in [0.29, 0.717) is 24.6 Å². The number of hydrogen-bond acceptors (Lipinski definition) is 4. The fraction of sp³-hybridized carbons (Fsp3) is 0.333. The molecule has 0 bridgehead atoms. The second-order valence-electron chi connectivity index (χ2n) is 6.19. The van der Waals surface area contributed by atoms with Crippen molar-refractivity contribution < 1.29 is 19.1 Å². The van der Waals surface area contributed by atoms with Crippen molar-refractivity contribution in [3.8, 4) is 11.5 Å². The van der Waals surface area contributed by atoms with Crippen LogP contribution in [-0.4, -0.2) is 43.0 Å². The number of nitrogens with zero attached hydrogens (tertiary/aromatic N) is 1. The largest absolute Gasteiger partial charge is 0.497 e. The molecule has 0 unspecified atom stereocenters. The van der Waals surface area contributed by atoms with E-state index in [1.807, 2.05) is 31.2 Å². The van der Waals surface area contributed by atoms with Gasteiger partial charge in [-0.25, -0.2) is 0 Å². The zero-order valence-electron chi connectivity index (χ0n) is 16.3. The summed E-state index contributed by atoms with van der Waals surface area (Å²) in [5.41, 5.74) is 0.920. The fourth-order valence-corrected chi connectivity index (χ4v) is 3.08. The summed E-state index contributed by atoms with van der Waals surface area (Å²) >= 11 is 3.44. The molecule has 0 spiro atoms. The second-order valence-corrected chi connectivity index (χ2v) is 7.10. The summed E-state index contributed by atoms with van der Waals surface area (Å²) in [5, 5.41) is 2.77. The predicted molar refractivity (Wildman–Crippen MR) is 111 cm³/mol. The number of nitrogens with one attached hydrogen (secondary N) is 1. The van der Waals surface area contributed by atoms with Crippen LogP contribution in [0.3, 0.4) is 0 Å². The Balaban J connectivity index is 2.11. The van der Waals surface area contributed by atoms with Crippen LogP contribution < -0.4 is 14.8 Å². The summed E-state index contributed by atoms with van der Waals surface area (Å²) in [5.74, 6) is 0.798. The summed E-state index contributed by atoms with van der Waals surface area (Å²) in [6.07, 6.45) is 0. The molecule has 2 amide bonds. The molecule has 150 valence electrons. The van der Waals surface area contributed by atoms with Crippen LogP contribution in [0, 0.1) is 0 Å². The normalized spacial score (nSPS) is 11.4. The third kappa shape index (κ3) is 6.27. The van der Waals surface area contributed by atoms with Gasteiger partial charge in [0.15, 0.2) is 6.61 Å². The van der Waals surface area contributed by atoms with Crippen LogP contribution in [0.15, 0.2) is 53.0 Å². The molecule has 2 aromatic rings. The molecule has 2 aromatic carbocycles. The van der Waals surface area contributed by atoms with Crippen molar-refractivity contribution in [2.45, 2.75) is 26.4 Å². The first kappa shape index (κ1) is 21.8. The molecule has 0 aliphatic carbocycles. The van der Waals surface area contributed by atoms with Crippen molar-refractivity contribution in [3.63, 3.8) is 0 Å². The molecule has 28 heavy (non-hydrogen) atoms. The minimum Gasteiger partial charge on any atom is -0.497 e. The van der Waals surface area contributed by atoms with Gasteiger partial charge in [0.05, 0.1) is 7.11 Å². The van der Waals surface area contributed by atoms with Crippen molar-refractivity contribution in [1.82, 2.24) is 10.2 Å². The fourth-order valence-electron chi connectivity index (χ4n) is 2.64. The lowest BCUT2D eigenvalue weighted by atomic mass is 10.1. The molecule has 7 heteroatoms. The Morgan fingerprint density at radius 2 is 1.82 bits per heavy atom. The highest BCUT2D eigenvalue weighted by molar-refractivity contribution is 9.10. The highest BCUT2D eigenvalue weighted by Crippen LogP contribution is 2.18. The molecule has 2 rings (SSSR count). The number of ether oxygens (including phenoxy) is 2. The third-order valence-electron chi connectivity index (χ3n) is 4.18. The summed E-state index contributed by atoms with van der Waals surface area (Å²) in [6, 6.07) is 14.0. The minimum atomic E-state index is -0.620. The first-order valence-electron chi connectivity index (χ1n) is 9.03. The molecular weight excluding hydrogens is 424 g/mol. The SMILES string of the molecule is CCNC(=O)[C@H](C)N(Cc1cccc(Br)c1)C(=O)COc1ccc(OC)cc1. The molecule has 0 saturated carbocycles. The maximum atomic E-state index is 12.9. The van der Waals surface area contributed by atoms with Gasteiger partial charge in [-0.05, 0) is 55.8 Å². The Morgan fingerprint density at radius 3 is 2.43 bits per heavy atom. The van der Waals surface area contributed by atoms with Gasteiger partial charge in [-0.15, -0.1) is 0 Å². The first-order valence-corrected chi connectivity index (χ1v) is 9.82. The Bertz CT molecular complexity index is 795. The smallest absolute Gasteiger partial charge is 0.261 e. The van der Waals surface area contributed by atoms with Crippen molar-refractivity contribution in [1.29, 1.82) is 0 Å². The minimum absolute atomic E-state index is 0.163. The lowest BCUT2D eigenvalue weighted by Crippen LogP contribution is -2.49. The van der Waals surface area contributed by atoms with E-state index in [1.165, 1.54) is 4.90 Å². The van der Waals surface area contributed by atoms with Gasteiger partial charge in [-0.2, -0.15) is 0 Å². The molecular formula is C21H25BrN2O4. The molecule has 6 nitrogen and oxygen atoms in total.